The van der Waals surface area contributed by atoms with Gasteiger partial charge in [-0.25, -0.2) is 0 Å². The summed E-state index contributed by atoms with van der Waals surface area (Å²) >= 11 is 0. The van der Waals surface area contributed by atoms with Crippen LogP contribution in [0.5, 0.6) is 0 Å². The molecular formula is C16H24N2O3. The zero-order valence-electron chi connectivity index (χ0n) is 12.5. The summed E-state index contributed by atoms with van der Waals surface area (Å²) in [6.45, 7) is 4.32. The van der Waals surface area contributed by atoms with Gasteiger partial charge >= 0.3 is 0 Å². The van der Waals surface area contributed by atoms with Gasteiger partial charge in [-0.3, -0.25) is 4.79 Å². The molecule has 3 N–H and O–H groups in total. The first-order valence-electron chi connectivity index (χ1n) is 7.55. The Bertz CT molecular complexity index is 477. The van der Waals surface area contributed by atoms with E-state index in [1.54, 1.807) is 0 Å². The van der Waals surface area contributed by atoms with Crippen molar-refractivity contribution in [2.24, 2.45) is 0 Å². The maximum absolute atomic E-state index is 12.4. The molecule has 1 heterocycles. The number of ketones is 1. The maximum atomic E-state index is 12.4. The minimum absolute atomic E-state index is 0.0254. The van der Waals surface area contributed by atoms with E-state index in [2.05, 4.69) is 10.6 Å². The molecule has 21 heavy (non-hydrogen) atoms. The molecule has 1 aliphatic rings. The molecule has 1 atom stereocenters. The van der Waals surface area contributed by atoms with E-state index in [9.17, 15) is 4.79 Å². The predicted octanol–water partition coefficient (Wildman–Crippen LogP) is 1.21. The van der Waals surface area contributed by atoms with Crippen LogP contribution in [0.25, 0.3) is 0 Å². The molecule has 0 bridgehead atoms. The van der Waals surface area contributed by atoms with Crippen LogP contribution in [0.1, 0.15) is 29.3 Å². The second-order valence-corrected chi connectivity index (χ2v) is 5.28. The summed E-state index contributed by atoms with van der Waals surface area (Å²) in [6.07, 6.45) is 2.14. The molecule has 116 valence electrons. The fourth-order valence-electron chi connectivity index (χ4n) is 2.49. The lowest BCUT2D eigenvalue weighted by Crippen LogP contribution is -2.36. The van der Waals surface area contributed by atoms with Crippen LogP contribution in [-0.4, -0.2) is 49.8 Å². The fourth-order valence-corrected chi connectivity index (χ4v) is 2.49. The first kappa shape index (κ1) is 15.9. The van der Waals surface area contributed by atoms with Gasteiger partial charge in [0, 0.05) is 24.3 Å². The summed E-state index contributed by atoms with van der Waals surface area (Å²) in [7, 11) is 0. The molecular weight excluding hydrogens is 268 g/mol. The summed E-state index contributed by atoms with van der Waals surface area (Å²) in [5.41, 5.74) is 3.13. The van der Waals surface area contributed by atoms with Gasteiger partial charge in [0.1, 0.15) is 0 Å². The second kappa shape index (κ2) is 8.12. The van der Waals surface area contributed by atoms with E-state index in [1.807, 2.05) is 25.1 Å². The van der Waals surface area contributed by atoms with E-state index in [0.29, 0.717) is 19.8 Å². The van der Waals surface area contributed by atoms with Gasteiger partial charge in [-0.05, 0) is 43.5 Å². The fraction of sp³-hybridized carbons (Fsp3) is 0.562. The molecule has 1 aromatic carbocycles. The molecule has 5 nitrogen and oxygen atoms in total. The van der Waals surface area contributed by atoms with Crippen LogP contribution < -0.4 is 10.6 Å². The highest BCUT2D eigenvalue weighted by atomic mass is 16.5. The molecule has 0 aliphatic carbocycles. The van der Waals surface area contributed by atoms with Crippen LogP contribution in [-0.2, 0) is 11.2 Å². The highest BCUT2D eigenvalue weighted by molar-refractivity contribution is 6.00. The number of nitrogens with one attached hydrogen (secondary N) is 2. The maximum Gasteiger partial charge on any atom is 0.179 e. The normalized spacial score (nSPS) is 15.1. The van der Waals surface area contributed by atoms with E-state index in [0.717, 1.165) is 30.6 Å². The summed E-state index contributed by atoms with van der Waals surface area (Å²) in [5.74, 6) is 0.102. The van der Waals surface area contributed by atoms with E-state index < -0.39 is 0 Å². The lowest BCUT2D eigenvalue weighted by molar-refractivity contribution is 0.0870. The van der Waals surface area contributed by atoms with Crippen molar-refractivity contribution in [1.82, 2.24) is 5.32 Å². The quantitative estimate of drug-likeness (QED) is 0.496. The first-order valence-corrected chi connectivity index (χ1v) is 7.55. The van der Waals surface area contributed by atoms with Gasteiger partial charge in [0.25, 0.3) is 0 Å². The number of anilines is 1. The average Bonchev–Trinajstić information content (AvgIpc) is 2.53. The standard InChI is InChI=1S/C16H24N2O3/c1-12(17-7-9-21-10-8-19)16(20)14-4-5-15-13(11-14)3-2-6-18-15/h4-5,11-12,17-19H,2-3,6-10H2,1H3. The molecule has 0 fully saturated rings. The Balaban J connectivity index is 1.87. The van der Waals surface area contributed by atoms with E-state index in [1.165, 1.54) is 5.56 Å². The van der Waals surface area contributed by atoms with Crippen molar-refractivity contribution in [3.63, 3.8) is 0 Å². The van der Waals surface area contributed by atoms with Crippen molar-refractivity contribution in [1.29, 1.82) is 0 Å². The summed E-state index contributed by atoms with van der Waals surface area (Å²) in [4.78, 5) is 12.4. The minimum Gasteiger partial charge on any atom is -0.394 e. The molecule has 1 aromatic rings. The molecule has 0 saturated heterocycles. The van der Waals surface area contributed by atoms with Crippen LogP contribution in [0.2, 0.25) is 0 Å². The lowest BCUT2D eigenvalue weighted by atomic mass is 9.97. The highest BCUT2D eigenvalue weighted by Crippen LogP contribution is 2.23. The van der Waals surface area contributed by atoms with Gasteiger partial charge in [-0.1, -0.05) is 0 Å². The van der Waals surface area contributed by atoms with Gasteiger partial charge in [0.05, 0.1) is 25.9 Å². The topological polar surface area (TPSA) is 70.6 Å². The molecule has 0 radical (unpaired) electrons. The van der Waals surface area contributed by atoms with Crippen molar-refractivity contribution in [3.05, 3.63) is 29.3 Å². The number of ether oxygens (including phenoxy) is 1. The zero-order chi connectivity index (χ0) is 15.1. The van der Waals surface area contributed by atoms with Crippen LogP contribution in [0, 0.1) is 0 Å². The number of aliphatic hydroxyl groups is 1. The van der Waals surface area contributed by atoms with Gasteiger partial charge < -0.3 is 20.5 Å². The number of fused-ring (bicyclic) bond motifs is 1. The highest BCUT2D eigenvalue weighted by Gasteiger charge is 2.17. The number of carbonyl (C=O) groups is 1. The van der Waals surface area contributed by atoms with E-state index in [-0.39, 0.29) is 18.4 Å². The van der Waals surface area contributed by atoms with Crippen LogP contribution in [0.15, 0.2) is 18.2 Å². The Morgan fingerprint density at radius 3 is 3.14 bits per heavy atom. The van der Waals surface area contributed by atoms with Gasteiger partial charge in [-0.2, -0.15) is 0 Å². The third kappa shape index (κ3) is 4.52. The second-order valence-electron chi connectivity index (χ2n) is 5.28. The molecule has 1 aliphatic heterocycles. The number of Topliss-reactive ketones (excluding diaryl/α,β-unsaturated/α-hetero) is 1. The summed E-state index contributed by atoms with van der Waals surface area (Å²) in [6, 6.07) is 5.65. The number of carbonyl (C=O) groups excluding carboxylic acids is 1. The van der Waals surface area contributed by atoms with Crippen LogP contribution >= 0.6 is 0 Å². The van der Waals surface area contributed by atoms with Crippen molar-refractivity contribution in [2.45, 2.75) is 25.8 Å². The van der Waals surface area contributed by atoms with E-state index >= 15 is 0 Å². The Kier molecular flexibility index (Phi) is 6.17. The summed E-state index contributed by atoms with van der Waals surface area (Å²) < 4.78 is 5.16. The molecule has 2 rings (SSSR count). The number of aliphatic hydroxyl groups excluding tert-OH is 1. The molecule has 0 spiro atoms. The molecule has 0 aromatic heterocycles. The van der Waals surface area contributed by atoms with Gasteiger partial charge in [-0.15, -0.1) is 0 Å². The number of hydrogen-bond acceptors (Lipinski definition) is 5. The van der Waals surface area contributed by atoms with Crippen molar-refractivity contribution >= 4 is 11.5 Å². The van der Waals surface area contributed by atoms with Crippen molar-refractivity contribution < 1.29 is 14.6 Å². The minimum atomic E-state index is -0.239. The molecule has 0 amide bonds. The third-order valence-electron chi connectivity index (χ3n) is 3.65. The molecule has 0 saturated carbocycles. The summed E-state index contributed by atoms with van der Waals surface area (Å²) in [5, 5.41) is 15.1. The number of rotatable bonds is 8. The Morgan fingerprint density at radius 2 is 2.33 bits per heavy atom. The predicted molar refractivity (Wildman–Crippen MR) is 83.0 cm³/mol. The monoisotopic (exact) mass is 292 g/mol. The van der Waals surface area contributed by atoms with Gasteiger partial charge in [0.2, 0.25) is 0 Å². The zero-order valence-corrected chi connectivity index (χ0v) is 12.5. The van der Waals surface area contributed by atoms with Gasteiger partial charge in [0.15, 0.2) is 5.78 Å². The van der Waals surface area contributed by atoms with Crippen molar-refractivity contribution in [3.8, 4) is 0 Å². The Labute approximate surface area is 125 Å². The number of aryl methyl sites for hydroxylation is 1. The SMILES string of the molecule is CC(NCCOCCO)C(=O)c1ccc2c(c1)CCCN2. The number of hydrogen-bond donors (Lipinski definition) is 3. The van der Waals surface area contributed by atoms with Crippen molar-refractivity contribution in [2.75, 3.05) is 38.2 Å². The van der Waals surface area contributed by atoms with E-state index in [4.69, 9.17) is 9.84 Å². The lowest BCUT2D eigenvalue weighted by Gasteiger charge is -2.19. The largest absolute Gasteiger partial charge is 0.394 e. The number of benzene rings is 1. The average molecular weight is 292 g/mol. The van der Waals surface area contributed by atoms with Crippen LogP contribution in [0.4, 0.5) is 5.69 Å². The Hall–Kier alpha value is -1.43. The van der Waals surface area contributed by atoms with Crippen LogP contribution in [0.3, 0.4) is 0 Å². The molecule has 1 unspecified atom stereocenters. The third-order valence-corrected chi connectivity index (χ3v) is 3.65. The molecule has 5 heteroatoms. The smallest absolute Gasteiger partial charge is 0.179 e. The first-order chi connectivity index (χ1) is 10.2. The Morgan fingerprint density at radius 1 is 1.48 bits per heavy atom.